The Morgan fingerprint density at radius 3 is 2.59 bits per heavy atom. The summed E-state index contributed by atoms with van der Waals surface area (Å²) in [6, 6.07) is 7.58. The maximum absolute atomic E-state index is 11.5. The van der Waals surface area contributed by atoms with E-state index in [0.717, 1.165) is 17.7 Å². The van der Waals surface area contributed by atoms with Gasteiger partial charge in [0.25, 0.3) is 0 Å². The van der Waals surface area contributed by atoms with Crippen LogP contribution < -0.4 is 15.0 Å². The predicted octanol–water partition coefficient (Wildman–Crippen LogP) is 1.000. The smallest absolute Gasteiger partial charge is 0.408 e. The van der Waals surface area contributed by atoms with Crippen LogP contribution in [0.4, 0.5) is 10.5 Å². The van der Waals surface area contributed by atoms with E-state index in [2.05, 4.69) is 10.2 Å². The average Bonchev–Trinajstić information content (AvgIpc) is 2.54. The second-order valence-corrected chi connectivity index (χ2v) is 5.21. The largest absolute Gasteiger partial charge is 0.497 e. The van der Waals surface area contributed by atoms with Crippen molar-refractivity contribution >= 4 is 18.1 Å². The normalized spacial score (nSPS) is 21.5. The highest BCUT2D eigenvalue weighted by atomic mass is 16.5. The third-order valence-electron chi connectivity index (χ3n) is 4.12. The Bertz CT molecular complexity index is 534. The minimum absolute atomic E-state index is 0.0997. The van der Waals surface area contributed by atoms with Gasteiger partial charge in [0.2, 0.25) is 0 Å². The summed E-state index contributed by atoms with van der Waals surface area (Å²) in [5, 5.41) is 12.4. The summed E-state index contributed by atoms with van der Waals surface area (Å²) >= 11 is 0. The summed E-state index contributed by atoms with van der Waals surface area (Å²) in [5.74, 6) is 0.765. The molecule has 0 spiro atoms. The molecule has 1 amide bonds. The molecule has 0 aliphatic carbocycles. The van der Waals surface area contributed by atoms with Crippen molar-refractivity contribution in [2.24, 2.45) is 0 Å². The van der Waals surface area contributed by atoms with Crippen LogP contribution in [-0.2, 0) is 4.79 Å². The molecule has 0 aromatic heterocycles. The molecular formula is C15H21N3O4. The molecule has 1 aliphatic rings. The zero-order valence-electron chi connectivity index (χ0n) is 12.8. The number of carboxylic acid groups (broad SMARTS) is 1. The molecule has 1 aliphatic heterocycles. The van der Waals surface area contributed by atoms with Gasteiger partial charge in [-0.2, -0.15) is 0 Å². The van der Waals surface area contributed by atoms with Gasteiger partial charge in [-0.25, -0.2) is 4.79 Å². The number of benzene rings is 1. The summed E-state index contributed by atoms with van der Waals surface area (Å²) in [5.41, 5.74) is 0.0579. The van der Waals surface area contributed by atoms with Gasteiger partial charge in [0, 0.05) is 25.2 Å². The summed E-state index contributed by atoms with van der Waals surface area (Å²) in [6.45, 7) is 1.30. The lowest BCUT2D eigenvalue weighted by atomic mass is 10.0. The molecule has 7 nitrogen and oxygen atoms in total. The molecule has 1 unspecified atom stereocenters. The zero-order chi connectivity index (χ0) is 16.2. The van der Waals surface area contributed by atoms with Gasteiger partial charge in [0.1, 0.15) is 17.7 Å². The van der Waals surface area contributed by atoms with Gasteiger partial charge in [-0.1, -0.05) is 0 Å². The van der Waals surface area contributed by atoms with E-state index in [-0.39, 0.29) is 6.42 Å². The topological polar surface area (TPSA) is 82.1 Å². The minimum Gasteiger partial charge on any atom is -0.497 e. The first kappa shape index (κ1) is 16.1. The van der Waals surface area contributed by atoms with Crippen molar-refractivity contribution in [2.45, 2.75) is 12.1 Å². The third kappa shape index (κ3) is 2.99. The molecule has 0 radical (unpaired) electrons. The Morgan fingerprint density at radius 2 is 2.09 bits per heavy atom. The van der Waals surface area contributed by atoms with Crippen LogP contribution in [0.1, 0.15) is 6.42 Å². The second kappa shape index (κ2) is 6.65. The van der Waals surface area contributed by atoms with Crippen molar-refractivity contribution in [1.82, 2.24) is 10.2 Å². The van der Waals surface area contributed by atoms with Crippen molar-refractivity contribution in [3.63, 3.8) is 0 Å². The van der Waals surface area contributed by atoms with E-state index < -0.39 is 11.8 Å². The van der Waals surface area contributed by atoms with Crippen LogP contribution in [0.3, 0.4) is 0 Å². The van der Waals surface area contributed by atoms with E-state index in [0.29, 0.717) is 19.6 Å². The Balaban J connectivity index is 2.25. The van der Waals surface area contributed by atoms with Crippen molar-refractivity contribution in [3.8, 4) is 5.75 Å². The molecule has 1 heterocycles. The number of ether oxygens (including phenoxy) is 1. The number of aldehydes is 1. The molecule has 1 fully saturated rings. The number of nitrogens with one attached hydrogen (secondary N) is 1. The van der Waals surface area contributed by atoms with Gasteiger partial charge in [-0.15, -0.1) is 0 Å². The average molecular weight is 307 g/mol. The predicted molar refractivity (Wildman–Crippen MR) is 82.4 cm³/mol. The van der Waals surface area contributed by atoms with Crippen LogP contribution in [0.2, 0.25) is 0 Å². The molecule has 120 valence electrons. The Labute approximate surface area is 129 Å². The number of piperazine rings is 1. The molecule has 7 heteroatoms. The summed E-state index contributed by atoms with van der Waals surface area (Å²) in [7, 11) is 3.29. The van der Waals surface area contributed by atoms with E-state index in [4.69, 9.17) is 4.74 Å². The van der Waals surface area contributed by atoms with E-state index >= 15 is 0 Å². The van der Waals surface area contributed by atoms with Crippen LogP contribution in [-0.4, -0.2) is 61.8 Å². The number of amides is 1. The fourth-order valence-corrected chi connectivity index (χ4v) is 2.84. The molecule has 1 aromatic carbocycles. The Kier molecular flexibility index (Phi) is 4.87. The molecule has 1 saturated heterocycles. The number of nitrogens with zero attached hydrogens (tertiary/aromatic N) is 2. The quantitative estimate of drug-likeness (QED) is 0.790. The number of methoxy groups -OCH3 is 1. The maximum Gasteiger partial charge on any atom is 0.408 e. The first-order chi connectivity index (χ1) is 10.6. The van der Waals surface area contributed by atoms with E-state index in [1.807, 2.05) is 24.3 Å². The lowest BCUT2D eigenvalue weighted by Crippen LogP contribution is -2.69. The van der Waals surface area contributed by atoms with Crippen LogP contribution in [0.25, 0.3) is 0 Å². The number of anilines is 1. The fraction of sp³-hybridized carbons (Fsp3) is 0.467. The second-order valence-electron chi connectivity index (χ2n) is 5.21. The van der Waals surface area contributed by atoms with Gasteiger partial charge in [-0.05, 0) is 31.3 Å². The van der Waals surface area contributed by atoms with Gasteiger partial charge in [-0.3, -0.25) is 10.2 Å². The van der Waals surface area contributed by atoms with Crippen molar-refractivity contribution in [1.29, 1.82) is 0 Å². The Hall–Kier alpha value is -2.28. The van der Waals surface area contributed by atoms with Crippen LogP contribution in [0.5, 0.6) is 5.75 Å². The maximum atomic E-state index is 11.5. The molecule has 1 aromatic rings. The third-order valence-corrected chi connectivity index (χ3v) is 4.12. The van der Waals surface area contributed by atoms with Crippen molar-refractivity contribution in [3.05, 3.63) is 24.3 Å². The molecule has 0 bridgehead atoms. The van der Waals surface area contributed by atoms with E-state index in [9.17, 15) is 14.7 Å². The number of carbonyl (C=O) groups excluding carboxylic acids is 1. The van der Waals surface area contributed by atoms with Crippen LogP contribution in [0.15, 0.2) is 24.3 Å². The molecule has 2 N–H and O–H groups in total. The molecule has 1 atom stereocenters. The van der Waals surface area contributed by atoms with Gasteiger partial charge in [0.05, 0.1) is 13.7 Å². The molecule has 22 heavy (non-hydrogen) atoms. The van der Waals surface area contributed by atoms with E-state index in [1.165, 1.54) is 4.90 Å². The lowest BCUT2D eigenvalue weighted by molar-refractivity contribution is -0.110. The number of hydrogen-bond acceptors (Lipinski definition) is 5. The summed E-state index contributed by atoms with van der Waals surface area (Å²) in [4.78, 5) is 25.9. The lowest BCUT2D eigenvalue weighted by Gasteiger charge is -2.49. The van der Waals surface area contributed by atoms with Crippen molar-refractivity contribution in [2.75, 3.05) is 38.7 Å². The highest BCUT2D eigenvalue weighted by Crippen LogP contribution is 2.27. The van der Waals surface area contributed by atoms with Crippen LogP contribution >= 0.6 is 0 Å². The first-order valence-electron chi connectivity index (χ1n) is 7.08. The number of hydrogen-bond donors (Lipinski definition) is 2. The first-order valence-corrected chi connectivity index (χ1v) is 7.08. The SMILES string of the molecule is CNC1(CC=O)CN(c2ccc(OC)cc2)CCN1C(=O)O. The monoisotopic (exact) mass is 307 g/mol. The molecular weight excluding hydrogens is 286 g/mol. The fourth-order valence-electron chi connectivity index (χ4n) is 2.84. The zero-order valence-corrected chi connectivity index (χ0v) is 12.8. The number of carbonyl (C=O) groups is 2. The van der Waals surface area contributed by atoms with E-state index in [1.54, 1.807) is 14.2 Å². The highest BCUT2D eigenvalue weighted by molar-refractivity contribution is 5.68. The van der Waals surface area contributed by atoms with Crippen molar-refractivity contribution < 1.29 is 19.4 Å². The molecule has 0 saturated carbocycles. The standard InChI is InChI=1S/C15H21N3O4/c1-16-15(7-10-19)11-17(8-9-18(15)14(20)21)12-3-5-13(22-2)6-4-12/h3-6,10,16H,7-9,11H2,1-2H3,(H,20,21). The van der Waals surface area contributed by atoms with Gasteiger partial charge in [0.15, 0.2) is 0 Å². The van der Waals surface area contributed by atoms with Crippen LogP contribution in [0, 0.1) is 0 Å². The highest BCUT2D eigenvalue weighted by Gasteiger charge is 2.43. The minimum atomic E-state index is -1.02. The molecule has 2 rings (SSSR count). The number of rotatable bonds is 5. The Morgan fingerprint density at radius 1 is 1.41 bits per heavy atom. The van der Waals surface area contributed by atoms with Gasteiger partial charge < -0.3 is 19.5 Å². The summed E-state index contributed by atoms with van der Waals surface area (Å²) in [6.07, 6.45) is -0.169. The number of likely N-dealkylation sites (N-methyl/N-ethyl adjacent to an activating group) is 1. The summed E-state index contributed by atoms with van der Waals surface area (Å²) < 4.78 is 5.14. The van der Waals surface area contributed by atoms with Gasteiger partial charge >= 0.3 is 6.09 Å².